The van der Waals surface area contributed by atoms with E-state index in [0.29, 0.717) is 58.5 Å². The van der Waals surface area contributed by atoms with E-state index in [1.165, 1.54) is 0 Å². The molecule has 386 valence electrons. The van der Waals surface area contributed by atoms with E-state index < -0.39 is 76.3 Å². The zero-order valence-corrected chi connectivity index (χ0v) is 45.4. The SMILES string of the molecule is CCS(=O)(=O)[C@]12C[C@H]3O[C@@](C)(CCOCc4ccccc4)[C@H](OCc4ccccc4)[C@H](OCc4ccccc4)[C@]3(C)O[C@@H]1CC[C@]1(C)O[C@@H]3C[C@@H]4O[Si](C(C)(C)C)(C(C)(C)C)OC[C@H]4O[C@@]3(C)C[C@H]1O2. The minimum absolute atomic E-state index is 0.0215. The smallest absolute Gasteiger partial charge is 0.349 e. The van der Waals surface area contributed by atoms with Crippen molar-refractivity contribution >= 4 is 18.4 Å². The standard InChI is InChI=1S/C56H80O12SSi/c1-12-69(57,58)56-34-47-55(11,66-44(56)28-29-52(8)46(67-56)33-54(10)45(64-52)32-42-43(63-54)38-62-70(68-42,50(2,3)4)51(5,6)7)49(61-37-41-26-20-15-21-27-41)48(60-36-40-24-18-14-19-25-40)53(9,65-47)30-31-59-35-39-22-16-13-17-23-39/h13-27,42-49H,12,28-38H2,1-11H3/t42-,43+,44+,45+,46+,47+,48+,49-,52-,53-,54-,55+,56+/m0/s1. The number of hydrogen-bond donors (Lipinski definition) is 0. The molecule has 6 saturated heterocycles. The normalized spacial score (nSPS) is 38.5. The first-order valence-corrected chi connectivity index (χ1v) is 29.3. The van der Waals surface area contributed by atoms with Crippen molar-refractivity contribution < 1.29 is 55.2 Å². The van der Waals surface area contributed by atoms with Crippen LogP contribution in [-0.2, 0) is 76.4 Å². The van der Waals surface area contributed by atoms with Gasteiger partial charge in [0.1, 0.15) is 30.0 Å². The molecule has 6 aliphatic heterocycles. The molecule has 0 unspecified atom stereocenters. The van der Waals surface area contributed by atoms with E-state index in [0.717, 1.165) is 16.7 Å². The number of sulfone groups is 1. The van der Waals surface area contributed by atoms with E-state index in [-0.39, 0.29) is 47.2 Å². The van der Waals surface area contributed by atoms with Crippen molar-refractivity contribution in [3.63, 3.8) is 0 Å². The first kappa shape index (κ1) is 52.3. The molecule has 0 N–H and O–H groups in total. The zero-order chi connectivity index (χ0) is 50.0. The van der Waals surface area contributed by atoms with Gasteiger partial charge >= 0.3 is 8.56 Å². The quantitative estimate of drug-likeness (QED) is 0.120. The van der Waals surface area contributed by atoms with Gasteiger partial charge in [-0.2, -0.15) is 0 Å². The average molecular weight is 1010 g/mol. The Bertz CT molecular complexity index is 2350. The molecule has 0 bridgehead atoms. The van der Waals surface area contributed by atoms with Crippen LogP contribution in [0.25, 0.3) is 0 Å². The Morgan fingerprint density at radius 1 is 0.629 bits per heavy atom. The number of ether oxygens (including phenoxy) is 8. The lowest BCUT2D eigenvalue weighted by Crippen LogP contribution is -2.77. The largest absolute Gasteiger partial charge is 0.391 e. The van der Waals surface area contributed by atoms with Gasteiger partial charge in [-0.25, -0.2) is 8.42 Å². The lowest BCUT2D eigenvalue weighted by atomic mass is 9.73. The van der Waals surface area contributed by atoms with Crippen molar-refractivity contribution in [3.05, 3.63) is 108 Å². The van der Waals surface area contributed by atoms with Gasteiger partial charge in [-0.1, -0.05) is 139 Å². The fourth-order valence-electron chi connectivity index (χ4n) is 12.9. The summed E-state index contributed by atoms with van der Waals surface area (Å²) < 4.78 is 102. The molecule has 0 radical (unpaired) electrons. The summed E-state index contributed by atoms with van der Waals surface area (Å²) in [4.78, 5) is -1.77. The first-order valence-electron chi connectivity index (χ1n) is 25.8. The van der Waals surface area contributed by atoms with Crippen molar-refractivity contribution in [2.75, 3.05) is 19.0 Å². The molecule has 6 heterocycles. The van der Waals surface area contributed by atoms with E-state index in [9.17, 15) is 0 Å². The lowest BCUT2D eigenvalue weighted by molar-refractivity contribution is -0.373. The molecule has 14 heteroatoms. The minimum atomic E-state index is -4.01. The second kappa shape index (κ2) is 19.3. The average Bonchev–Trinajstić information content (AvgIpc) is 3.43. The van der Waals surface area contributed by atoms with Gasteiger partial charge in [0.2, 0.25) is 0 Å². The highest BCUT2D eigenvalue weighted by atomic mass is 32.2. The molecule has 9 rings (SSSR count). The van der Waals surface area contributed by atoms with Crippen LogP contribution in [-0.4, -0.2) is 112 Å². The molecule has 6 aliphatic rings. The molecule has 0 amide bonds. The van der Waals surface area contributed by atoms with Crippen LogP contribution in [0.2, 0.25) is 10.1 Å². The third kappa shape index (κ3) is 9.46. The van der Waals surface area contributed by atoms with E-state index in [1.807, 2.05) is 105 Å². The number of fused-ring (bicyclic) bond motifs is 5. The van der Waals surface area contributed by atoms with Crippen LogP contribution in [0.3, 0.4) is 0 Å². The Morgan fingerprint density at radius 3 is 1.77 bits per heavy atom. The molecule has 13 atom stereocenters. The third-order valence-corrected chi connectivity index (χ3v) is 24.3. The summed E-state index contributed by atoms with van der Waals surface area (Å²) in [5, 5.41) is -0.368. The Labute approximate surface area is 419 Å². The predicted octanol–water partition coefficient (Wildman–Crippen LogP) is 10.3. The monoisotopic (exact) mass is 1000 g/mol. The number of hydrogen-bond acceptors (Lipinski definition) is 12. The summed E-state index contributed by atoms with van der Waals surface area (Å²) in [5.41, 5.74) is -0.797. The fraction of sp³-hybridized carbons (Fsp3) is 0.679. The zero-order valence-electron chi connectivity index (χ0n) is 43.6. The van der Waals surface area contributed by atoms with Crippen LogP contribution in [0.4, 0.5) is 0 Å². The van der Waals surface area contributed by atoms with E-state index in [4.69, 9.17) is 46.7 Å². The van der Waals surface area contributed by atoms with Crippen LogP contribution >= 0.6 is 0 Å². The van der Waals surface area contributed by atoms with Crippen LogP contribution in [0.5, 0.6) is 0 Å². The van der Waals surface area contributed by atoms with Gasteiger partial charge in [-0.3, -0.25) is 0 Å². The van der Waals surface area contributed by atoms with Gasteiger partial charge in [0, 0.05) is 42.4 Å². The maximum absolute atomic E-state index is 15.2. The highest BCUT2D eigenvalue weighted by molar-refractivity contribution is 7.92. The van der Waals surface area contributed by atoms with Gasteiger partial charge in [-0.15, -0.1) is 0 Å². The van der Waals surface area contributed by atoms with Gasteiger partial charge in [0.15, 0.2) is 14.8 Å². The summed E-state index contributed by atoms with van der Waals surface area (Å²) in [6.07, 6.45) is -2.14. The summed E-state index contributed by atoms with van der Waals surface area (Å²) in [6, 6.07) is 30.2. The van der Waals surface area contributed by atoms with Gasteiger partial charge in [-0.05, 0) is 57.2 Å². The molecular weight excluding hydrogens is 925 g/mol. The third-order valence-electron chi connectivity index (χ3n) is 16.8. The number of rotatable bonds is 13. The van der Waals surface area contributed by atoms with Gasteiger partial charge in [0.25, 0.3) is 0 Å². The van der Waals surface area contributed by atoms with Crippen LogP contribution < -0.4 is 0 Å². The summed E-state index contributed by atoms with van der Waals surface area (Å²) in [6.45, 7) is 25.1. The molecule has 3 aromatic rings. The molecule has 6 fully saturated rings. The Kier molecular flexibility index (Phi) is 14.4. The molecule has 70 heavy (non-hydrogen) atoms. The number of benzene rings is 3. The van der Waals surface area contributed by atoms with Crippen LogP contribution in [0.15, 0.2) is 91.0 Å². The molecular formula is C56H80O12SSi. The summed E-state index contributed by atoms with van der Waals surface area (Å²) in [7, 11) is -6.80. The Hall–Kier alpha value is -2.57. The Morgan fingerprint density at radius 2 is 1.20 bits per heavy atom. The lowest BCUT2D eigenvalue weighted by Gasteiger charge is -2.62. The highest BCUT2D eigenvalue weighted by Gasteiger charge is 2.72. The van der Waals surface area contributed by atoms with Crippen LogP contribution in [0.1, 0.15) is 131 Å². The minimum Gasteiger partial charge on any atom is -0.391 e. The maximum atomic E-state index is 15.2. The van der Waals surface area contributed by atoms with E-state index in [2.05, 4.69) is 55.4 Å². The highest BCUT2D eigenvalue weighted by Crippen LogP contribution is 2.60. The molecule has 0 spiro atoms. The van der Waals surface area contributed by atoms with Gasteiger partial charge < -0.3 is 46.7 Å². The van der Waals surface area contributed by atoms with Crippen molar-refractivity contribution in [3.8, 4) is 0 Å². The topological polar surface area (TPSA) is 126 Å². The summed E-state index contributed by atoms with van der Waals surface area (Å²) >= 11 is 0. The molecule has 0 aliphatic carbocycles. The summed E-state index contributed by atoms with van der Waals surface area (Å²) in [5.74, 6) is -0.149. The Balaban J connectivity index is 1.06. The van der Waals surface area contributed by atoms with Crippen LogP contribution in [0, 0.1) is 0 Å². The second-order valence-electron chi connectivity index (χ2n) is 23.9. The van der Waals surface area contributed by atoms with Crippen molar-refractivity contribution in [2.24, 2.45) is 0 Å². The molecule has 3 aromatic carbocycles. The molecule has 0 aromatic heterocycles. The van der Waals surface area contributed by atoms with E-state index >= 15 is 8.42 Å². The van der Waals surface area contributed by atoms with Crippen molar-refractivity contribution in [1.29, 1.82) is 0 Å². The predicted molar refractivity (Wildman–Crippen MR) is 270 cm³/mol. The molecule has 12 nitrogen and oxygen atoms in total. The molecule has 0 saturated carbocycles. The first-order chi connectivity index (χ1) is 33.0. The fourth-order valence-corrected chi connectivity index (χ4v) is 19.6. The van der Waals surface area contributed by atoms with Crippen molar-refractivity contribution in [2.45, 2.75) is 221 Å². The van der Waals surface area contributed by atoms with Gasteiger partial charge in [0.05, 0.1) is 73.4 Å². The maximum Gasteiger partial charge on any atom is 0.349 e. The second-order valence-corrected chi connectivity index (χ2v) is 31.2. The van der Waals surface area contributed by atoms with Crippen molar-refractivity contribution in [1.82, 2.24) is 0 Å². The van der Waals surface area contributed by atoms with E-state index in [1.54, 1.807) is 6.92 Å².